The van der Waals surface area contributed by atoms with E-state index in [-0.39, 0.29) is 37.1 Å². The molecule has 0 amide bonds. The van der Waals surface area contributed by atoms with Gasteiger partial charge in [0, 0.05) is 41.1 Å². The summed E-state index contributed by atoms with van der Waals surface area (Å²) in [7, 11) is 0. The summed E-state index contributed by atoms with van der Waals surface area (Å²) in [5.74, 6) is 0.370. The van der Waals surface area contributed by atoms with Crippen molar-refractivity contribution in [3.8, 4) is 21.7 Å². The number of nitrogens with zero attached hydrogens (tertiary/aromatic N) is 1. The van der Waals surface area contributed by atoms with Gasteiger partial charge in [-0.3, -0.25) is 9.78 Å². The average molecular weight is 711 g/mol. The third kappa shape index (κ3) is 5.24. The van der Waals surface area contributed by atoms with Crippen LogP contribution in [0.4, 0.5) is 0 Å². The van der Waals surface area contributed by atoms with Gasteiger partial charge in [-0.2, -0.15) is 0 Å². The van der Waals surface area contributed by atoms with Gasteiger partial charge in [-0.15, -0.1) is 40.7 Å². The Morgan fingerprint density at radius 1 is 1.00 bits per heavy atom. The number of aromatic nitrogens is 1. The number of hydrogen-bond acceptors (Lipinski definition) is 4. The van der Waals surface area contributed by atoms with Crippen LogP contribution in [0.3, 0.4) is 0 Å². The second kappa shape index (κ2) is 11.2. The SMILES string of the molecule is CC(=O)/C=C(/C)O.CC(C)c1cc(-c2[c-]ccc3c2C(C)(C)c2c-3sc3ccccc23)nc2ccccc12.[Ir]. The number of carbonyl (C=O) groups is 1. The van der Waals surface area contributed by atoms with Crippen LogP contribution >= 0.6 is 11.3 Å². The topological polar surface area (TPSA) is 50.2 Å². The van der Waals surface area contributed by atoms with Gasteiger partial charge in [-0.1, -0.05) is 75.7 Å². The van der Waals surface area contributed by atoms with Gasteiger partial charge in [-0.25, -0.2) is 0 Å². The molecule has 0 bridgehead atoms. The molecule has 201 valence electrons. The monoisotopic (exact) mass is 711 g/mol. The molecule has 5 aromatic rings. The summed E-state index contributed by atoms with van der Waals surface area (Å²) in [6.07, 6.45) is 1.17. The normalized spacial score (nSPS) is 13.5. The summed E-state index contributed by atoms with van der Waals surface area (Å²) in [4.78, 5) is 16.5. The Morgan fingerprint density at radius 2 is 1.67 bits per heavy atom. The summed E-state index contributed by atoms with van der Waals surface area (Å²) in [6.45, 7) is 12.1. The minimum absolute atomic E-state index is 0. The van der Waals surface area contributed by atoms with Gasteiger partial charge in [-0.05, 0) is 59.5 Å². The number of rotatable bonds is 3. The van der Waals surface area contributed by atoms with Crippen LogP contribution in [0.15, 0.2) is 78.6 Å². The molecule has 0 saturated heterocycles. The van der Waals surface area contributed by atoms with Crippen molar-refractivity contribution in [1.82, 2.24) is 4.98 Å². The van der Waals surface area contributed by atoms with Gasteiger partial charge in [0.15, 0.2) is 5.78 Å². The minimum atomic E-state index is -0.125. The molecule has 3 aromatic carbocycles. The second-order valence-corrected chi connectivity index (χ2v) is 11.8. The number of aliphatic hydroxyl groups is 1. The molecule has 5 heteroatoms. The largest absolute Gasteiger partial charge is 0.512 e. The van der Waals surface area contributed by atoms with E-state index in [1.165, 1.54) is 62.5 Å². The molecule has 0 spiro atoms. The summed E-state index contributed by atoms with van der Waals surface area (Å²) in [5.41, 5.74) is 8.65. The van der Waals surface area contributed by atoms with E-state index in [1.54, 1.807) is 0 Å². The van der Waals surface area contributed by atoms with Gasteiger partial charge < -0.3 is 5.11 Å². The number of hydrogen-bond donors (Lipinski definition) is 1. The molecule has 3 nitrogen and oxygen atoms in total. The van der Waals surface area contributed by atoms with Crippen LogP contribution in [0.25, 0.3) is 42.7 Å². The fraction of sp³-hybridized carbons (Fsp3) is 0.235. The van der Waals surface area contributed by atoms with E-state index < -0.39 is 0 Å². The maximum Gasteiger partial charge on any atom is 0.155 e. The zero-order valence-electron chi connectivity index (χ0n) is 23.0. The van der Waals surface area contributed by atoms with Gasteiger partial charge >= 0.3 is 0 Å². The summed E-state index contributed by atoms with van der Waals surface area (Å²) < 4.78 is 1.37. The molecule has 1 radical (unpaired) electrons. The van der Waals surface area contributed by atoms with Crippen molar-refractivity contribution in [1.29, 1.82) is 0 Å². The van der Waals surface area contributed by atoms with E-state index in [0.29, 0.717) is 5.92 Å². The first-order chi connectivity index (χ1) is 18.1. The third-order valence-electron chi connectivity index (χ3n) is 7.13. The first-order valence-corrected chi connectivity index (χ1v) is 13.8. The molecule has 39 heavy (non-hydrogen) atoms. The molecule has 1 aliphatic carbocycles. The molecule has 0 saturated carbocycles. The van der Waals surface area contributed by atoms with E-state index in [2.05, 4.69) is 100 Å². The number of thiophene rings is 1. The predicted octanol–water partition coefficient (Wildman–Crippen LogP) is 9.38. The fourth-order valence-corrected chi connectivity index (χ4v) is 7.02. The van der Waals surface area contributed by atoms with Gasteiger partial charge in [0.2, 0.25) is 0 Å². The van der Waals surface area contributed by atoms with E-state index in [9.17, 15) is 4.79 Å². The third-order valence-corrected chi connectivity index (χ3v) is 8.33. The van der Waals surface area contributed by atoms with E-state index >= 15 is 0 Å². The molecule has 2 aromatic heterocycles. The number of ketones is 1. The molecule has 1 aliphatic rings. The van der Waals surface area contributed by atoms with Crippen molar-refractivity contribution >= 4 is 38.1 Å². The molecule has 0 unspecified atom stereocenters. The molecule has 0 aliphatic heterocycles. The van der Waals surface area contributed by atoms with Crippen molar-refractivity contribution in [3.05, 3.63) is 101 Å². The number of para-hydroxylation sites is 1. The second-order valence-electron chi connectivity index (χ2n) is 10.7. The quantitative estimate of drug-likeness (QED) is 0.115. The Hall–Kier alpha value is -3.11. The Balaban J connectivity index is 0.000000394. The van der Waals surface area contributed by atoms with E-state index in [1.807, 2.05) is 11.3 Å². The van der Waals surface area contributed by atoms with Crippen molar-refractivity contribution in [2.75, 3.05) is 0 Å². The summed E-state index contributed by atoms with van der Waals surface area (Å²) in [5, 5.41) is 11.0. The number of carbonyl (C=O) groups excluding carboxylic acids is 1. The molecular formula is C34H32IrNO2S-. The molecule has 6 rings (SSSR count). The minimum Gasteiger partial charge on any atom is -0.512 e. The van der Waals surface area contributed by atoms with Crippen molar-refractivity contribution in [2.24, 2.45) is 0 Å². The molecule has 1 N–H and O–H groups in total. The smallest absolute Gasteiger partial charge is 0.155 e. The first kappa shape index (κ1) is 28.9. The van der Waals surface area contributed by atoms with Crippen LogP contribution < -0.4 is 0 Å². The molecule has 2 heterocycles. The summed E-state index contributed by atoms with van der Waals surface area (Å²) >= 11 is 1.91. The van der Waals surface area contributed by atoms with Crippen molar-refractivity contribution < 1.29 is 30.0 Å². The molecule has 0 fully saturated rings. The maximum absolute atomic E-state index is 10.0. The number of pyridine rings is 1. The number of benzene rings is 3. The van der Waals surface area contributed by atoms with Gasteiger partial charge in [0.1, 0.15) is 0 Å². The Kier molecular flexibility index (Phi) is 8.27. The standard InChI is InChI=1S/C29H24NS.C5H8O2.Ir/c1-17(2)22-16-24(30-23-14-7-5-10-18(22)23)19-12-9-13-21-26(19)29(3,4)27-20-11-6-8-15-25(20)31-28(21)27;1-4(6)3-5(2)7;/h5-11,13-17H,1-4H3;3,6H,1-2H3;/q-1;;/b;4-3-;. The Morgan fingerprint density at radius 3 is 2.31 bits per heavy atom. The average Bonchev–Trinajstić information content (AvgIpc) is 3.37. The van der Waals surface area contributed by atoms with E-state index in [0.717, 1.165) is 16.8 Å². The van der Waals surface area contributed by atoms with Crippen LogP contribution in [0.1, 0.15) is 64.2 Å². The Labute approximate surface area is 248 Å². The zero-order chi connectivity index (χ0) is 27.2. The van der Waals surface area contributed by atoms with Crippen molar-refractivity contribution in [3.63, 3.8) is 0 Å². The van der Waals surface area contributed by atoms with Gasteiger partial charge in [0.25, 0.3) is 0 Å². The number of aliphatic hydroxyl groups excluding tert-OH is 1. The molecular weight excluding hydrogens is 679 g/mol. The van der Waals surface area contributed by atoms with Crippen LogP contribution in [-0.2, 0) is 30.3 Å². The maximum atomic E-state index is 10.0. The summed E-state index contributed by atoms with van der Waals surface area (Å²) in [6, 6.07) is 27.5. The number of fused-ring (bicyclic) bond motifs is 6. The van der Waals surface area contributed by atoms with Crippen LogP contribution in [-0.4, -0.2) is 15.9 Å². The predicted molar refractivity (Wildman–Crippen MR) is 160 cm³/mol. The fourth-order valence-electron chi connectivity index (χ4n) is 5.62. The van der Waals surface area contributed by atoms with Crippen molar-refractivity contribution in [2.45, 2.75) is 52.9 Å². The van der Waals surface area contributed by atoms with Crippen LogP contribution in [0, 0.1) is 6.07 Å². The van der Waals surface area contributed by atoms with Crippen LogP contribution in [0.2, 0.25) is 0 Å². The first-order valence-electron chi connectivity index (χ1n) is 12.9. The van der Waals surface area contributed by atoms with Gasteiger partial charge in [0.05, 0.1) is 11.3 Å². The zero-order valence-corrected chi connectivity index (χ0v) is 26.3. The molecule has 0 atom stereocenters. The van der Waals surface area contributed by atoms with Crippen LogP contribution in [0.5, 0.6) is 0 Å². The van der Waals surface area contributed by atoms with E-state index in [4.69, 9.17) is 10.1 Å². The number of allylic oxidation sites excluding steroid dienone is 2. The Bertz CT molecular complexity index is 1720.